The molecule has 1 fully saturated rings. The van der Waals surface area contributed by atoms with Gasteiger partial charge in [0.1, 0.15) is 15.5 Å². The van der Waals surface area contributed by atoms with E-state index in [1.54, 1.807) is 6.07 Å². The summed E-state index contributed by atoms with van der Waals surface area (Å²) in [4.78, 5) is 23.4. The molecule has 2 aromatic rings. The molecule has 19 heavy (non-hydrogen) atoms. The highest BCUT2D eigenvalue weighted by Crippen LogP contribution is 2.33. The Balaban J connectivity index is 2.18. The van der Waals surface area contributed by atoms with Crippen LogP contribution < -0.4 is 4.90 Å². The lowest BCUT2D eigenvalue weighted by Gasteiger charge is -2.17. The van der Waals surface area contributed by atoms with Crippen molar-refractivity contribution in [3.63, 3.8) is 0 Å². The number of aromatic carboxylic acids is 1. The molecule has 0 aliphatic carbocycles. The van der Waals surface area contributed by atoms with Crippen molar-refractivity contribution < 1.29 is 9.90 Å². The summed E-state index contributed by atoms with van der Waals surface area (Å²) in [5.74, 6) is -0.0170. The van der Waals surface area contributed by atoms with Gasteiger partial charge in [0.25, 0.3) is 0 Å². The van der Waals surface area contributed by atoms with Crippen LogP contribution in [0.5, 0.6) is 0 Å². The summed E-state index contributed by atoms with van der Waals surface area (Å²) in [5, 5.41) is 10.7. The summed E-state index contributed by atoms with van der Waals surface area (Å²) < 4.78 is 0. The van der Waals surface area contributed by atoms with Crippen LogP contribution in [0.25, 0.3) is 10.2 Å². The van der Waals surface area contributed by atoms with Crippen molar-refractivity contribution in [3.05, 3.63) is 10.9 Å². The number of carboxylic acid groups (broad SMARTS) is 1. The first-order valence-corrected chi connectivity index (χ1v) is 8.07. The van der Waals surface area contributed by atoms with Gasteiger partial charge in [0, 0.05) is 13.1 Å². The number of thioether (sulfide) groups is 1. The predicted octanol–water partition coefficient (Wildman–Crippen LogP) is 2.71. The molecule has 3 rings (SSSR count). The van der Waals surface area contributed by atoms with Crippen LogP contribution in [0.15, 0.2) is 11.2 Å². The molecule has 100 valence electrons. The lowest BCUT2D eigenvalue weighted by atomic mass is 10.3. The van der Waals surface area contributed by atoms with Crippen molar-refractivity contribution >= 4 is 45.1 Å². The van der Waals surface area contributed by atoms with Crippen molar-refractivity contribution in [3.8, 4) is 0 Å². The molecule has 0 unspecified atom stereocenters. The lowest BCUT2D eigenvalue weighted by Crippen LogP contribution is -2.19. The number of hydrogen-bond acceptors (Lipinski definition) is 6. The molecule has 1 aliphatic heterocycles. The molecule has 0 aromatic carbocycles. The van der Waals surface area contributed by atoms with E-state index in [1.165, 1.54) is 23.1 Å². The topological polar surface area (TPSA) is 66.3 Å². The third kappa shape index (κ3) is 2.28. The number of thiophene rings is 1. The van der Waals surface area contributed by atoms with Crippen molar-refractivity contribution in [2.75, 3.05) is 24.2 Å². The van der Waals surface area contributed by atoms with E-state index < -0.39 is 5.97 Å². The summed E-state index contributed by atoms with van der Waals surface area (Å²) in [5.41, 5.74) is 0. The minimum Gasteiger partial charge on any atom is -0.477 e. The van der Waals surface area contributed by atoms with Gasteiger partial charge in [-0.05, 0) is 25.2 Å². The Morgan fingerprint density at radius 2 is 2.16 bits per heavy atom. The number of fused-ring (bicyclic) bond motifs is 1. The maximum absolute atomic E-state index is 11.1. The van der Waals surface area contributed by atoms with Gasteiger partial charge in [-0.1, -0.05) is 11.8 Å². The number of hydrogen-bond donors (Lipinski definition) is 1. The maximum atomic E-state index is 11.1. The first-order chi connectivity index (χ1) is 9.19. The zero-order valence-electron chi connectivity index (χ0n) is 10.4. The van der Waals surface area contributed by atoms with E-state index in [0.29, 0.717) is 10.0 Å². The number of nitrogens with zero attached hydrogens (tertiary/aromatic N) is 3. The monoisotopic (exact) mass is 295 g/mol. The van der Waals surface area contributed by atoms with Crippen LogP contribution in [0.1, 0.15) is 22.5 Å². The van der Waals surface area contributed by atoms with E-state index in [1.807, 2.05) is 6.26 Å². The third-order valence-electron chi connectivity index (χ3n) is 3.15. The molecule has 3 heterocycles. The number of anilines is 1. The Labute approximate surface area is 118 Å². The number of carbonyl (C=O) groups is 1. The number of rotatable bonds is 3. The minimum atomic E-state index is -0.902. The average Bonchev–Trinajstić information content (AvgIpc) is 3.06. The van der Waals surface area contributed by atoms with Gasteiger partial charge in [-0.15, -0.1) is 11.3 Å². The molecule has 2 aromatic heterocycles. The van der Waals surface area contributed by atoms with Crippen LogP contribution in [-0.2, 0) is 0 Å². The molecule has 0 bridgehead atoms. The normalized spacial score (nSPS) is 15.3. The van der Waals surface area contributed by atoms with Gasteiger partial charge in [0.05, 0.1) is 5.39 Å². The highest BCUT2D eigenvalue weighted by molar-refractivity contribution is 7.98. The molecular formula is C12H13N3O2S2. The van der Waals surface area contributed by atoms with Gasteiger partial charge in [0.15, 0.2) is 5.16 Å². The lowest BCUT2D eigenvalue weighted by molar-refractivity contribution is 0.0702. The van der Waals surface area contributed by atoms with E-state index in [-0.39, 0.29) is 0 Å². The van der Waals surface area contributed by atoms with Gasteiger partial charge in [-0.2, -0.15) is 0 Å². The van der Waals surface area contributed by atoms with Crippen LogP contribution in [0.4, 0.5) is 5.82 Å². The second-order valence-corrected chi connectivity index (χ2v) is 6.17. The van der Waals surface area contributed by atoms with Crippen LogP contribution >= 0.6 is 23.1 Å². The molecule has 1 saturated heterocycles. The second-order valence-electron chi connectivity index (χ2n) is 4.36. The van der Waals surface area contributed by atoms with Crippen LogP contribution in [0.2, 0.25) is 0 Å². The van der Waals surface area contributed by atoms with Gasteiger partial charge < -0.3 is 10.0 Å². The van der Waals surface area contributed by atoms with Crippen LogP contribution in [-0.4, -0.2) is 40.4 Å². The third-order valence-corrected chi connectivity index (χ3v) is 4.72. The van der Waals surface area contributed by atoms with E-state index in [9.17, 15) is 4.79 Å². The molecule has 0 atom stereocenters. The Morgan fingerprint density at radius 3 is 2.79 bits per heavy atom. The molecule has 0 radical (unpaired) electrons. The van der Waals surface area contributed by atoms with Crippen LogP contribution in [0, 0.1) is 0 Å². The fourth-order valence-electron chi connectivity index (χ4n) is 2.25. The second kappa shape index (κ2) is 4.97. The fraction of sp³-hybridized carbons (Fsp3) is 0.417. The van der Waals surface area contributed by atoms with Crippen molar-refractivity contribution in [1.82, 2.24) is 9.97 Å². The van der Waals surface area contributed by atoms with E-state index >= 15 is 0 Å². The standard InChI is InChI=1S/C12H13N3O2S2/c1-18-12-13-9(15-4-2-3-5-15)7-6-8(11(16)17)19-10(7)14-12/h6H,2-5H2,1H3,(H,16,17). The molecule has 0 spiro atoms. The summed E-state index contributed by atoms with van der Waals surface area (Å²) in [6.45, 7) is 1.97. The SMILES string of the molecule is CSc1nc(N2CCCC2)c2cc(C(=O)O)sc2n1. The molecule has 1 N–H and O–H groups in total. The first kappa shape index (κ1) is 12.7. The number of aromatic nitrogens is 2. The smallest absolute Gasteiger partial charge is 0.345 e. The van der Waals surface area contributed by atoms with Gasteiger partial charge in [0.2, 0.25) is 0 Å². The Kier molecular flexibility index (Phi) is 3.32. The minimum absolute atomic E-state index is 0.322. The quantitative estimate of drug-likeness (QED) is 0.694. The summed E-state index contributed by atoms with van der Waals surface area (Å²) >= 11 is 2.70. The molecule has 7 heteroatoms. The van der Waals surface area contributed by atoms with Crippen molar-refractivity contribution in [2.45, 2.75) is 18.0 Å². The Hall–Kier alpha value is -1.34. The highest BCUT2D eigenvalue weighted by Gasteiger charge is 2.21. The predicted molar refractivity (Wildman–Crippen MR) is 77.6 cm³/mol. The largest absolute Gasteiger partial charge is 0.477 e. The molecule has 0 saturated carbocycles. The Morgan fingerprint density at radius 1 is 1.42 bits per heavy atom. The van der Waals surface area contributed by atoms with Gasteiger partial charge in [-0.25, -0.2) is 14.8 Å². The zero-order chi connectivity index (χ0) is 13.4. The fourth-order valence-corrected chi connectivity index (χ4v) is 3.54. The summed E-state index contributed by atoms with van der Waals surface area (Å²) in [6.07, 6.45) is 4.26. The van der Waals surface area contributed by atoms with Gasteiger partial charge >= 0.3 is 5.97 Å². The summed E-state index contributed by atoms with van der Waals surface area (Å²) in [6, 6.07) is 1.69. The van der Waals surface area contributed by atoms with Crippen molar-refractivity contribution in [2.24, 2.45) is 0 Å². The molecule has 1 aliphatic rings. The molecule has 5 nitrogen and oxygen atoms in total. The molecular weight excluding hydrogens is 282 g/mol. The number of carboxylic acids is 1. The maximum Gasteiger partial charge on any atom is 0.345 e. The summed E-state index contributed by atoms with van der Waals surface area (Å²) in [7, 11) is 0. The Bertz CT molecular complexity index is 635. The molecule has 0 amide bonds. The van der Waals surface area contributed by atoms with Crippen molar-refractivity contribution in [1.29, 1.82) is 0 Å². The van der Waals surface area contributed by atoms with Crippen LogP contribution in [0.3, 0.4) is 0 Å². The van der Waals surface area contributed by atoms with E-state index in [4.69, 9.17) is 5.11 Å². The highest BCUT2D eigenvalue weighted by atomic mass is 32.2. The zero-order valence-corrected chi connectivity index (χ0v) is 12.1. The van der Waals surface area contributed by atoms with Gasteiger partial charge in [-0.3, -0.25) is 0 Å². The van der Waals surface area contributed by atoms with E-state index in [2.05, 4.69) is 14.9 Å². The average molecular weight is 295 g/mol. The van der Waals surface area contributed by atoms with E-state index in [0.717, 1.165) is 42.0 Å². The first-order valence-electron chi connectivity index (χ1n) is 6.03.